The van der Waals surface area contributed by atoms with Gasteiger partial charge in [-0.1, -0.05) is 24.6 Å². The van der Waals surface area contributed by atoms with Crippen LogP contribution in [0.4, 0.5) is 5.69 Å². The van der Waals surface area contributed by atoms with Crippen molar-refractivity contribution in [2.75, 3.05) is 5.01 Å². The number of hydrazone groups is 1. The maximum Gasteiger partial charge on any atom is 0.144 e. The highest BCUT2D eigenvalue weighted by atomic mass is 16.1. The smallest absolute Gasteiger partial charge is 0.144 e. The van der Waals surface area contributed by atoms with Gasteiger partial charge in [0.15, 0.2) is 0 Å². The second-order valence-electron chi connectivity index (χ2n) is 4.81. The van der Waals surface area contributed by atoms with Crippen LogP contribution in [0.1, 0.15) is 25.7 Å². The molecule has 2 aliphatic rings. The van der Waals surface area contributed by atoms with Crippen LogP contribution in [0.15, 0.2) is 35.4 Å². The topological polar surface area (TPSA) is 32.7 Å². The summed E-state index contributed by atoms with van der Waals surface area (Å²) in [6.07, 6.45) is 5.62. The van der Waals surface area contributed by atoms with Crippen LogP contribution in [0, 0.1) is 5.92 Å². The van der Waals surface area contributed by atoms with Gasteiger partial charge in [0.05, 0.1) is 5.69 Å². The number of anilines is 1. The van der Waals surface area contributed by atoms with Gasteiger partial charge in [0.1, 0.15) is 12.3 Å². The zero-order valence-corrected chi connectivity index (χ0v) is 9.75. The van der Waals surface area contributed by atoms with Crippen molar-refractivity contribution < 1.29 is 4.79 Å². The van der Waals surface area contributed by atoms with E-state index in [0.29, 0.717) is 5.92 Å². The predicted molar refractivity (Wildman–Crippen MR) is 68.2 cm³/mol. The van der Waals surface area contributed by atoms with Gasteiger partial charge in [-0.05, 0) is 30.9 Å². The summed E-state index contributed by atoms with van der Waals surface area (Å²) in [4.78, 5) is 11.2. The largest absolute Gasteiger partial charge is 0.301 e. The third kappa shape index (κ3) is 1.86. The van der Waals surface area contributed by atoms with Gasteiger partial charge in [-0.25, -0.2) is 0 Å². The summed E-state index contributed by atoms with van der Waals surface area (Å²) in [7, 11) is 0. The van der Waals surface area contributed by atoms with E-state index in [-0.39, 0.29) is 6.04 Å². The second kappa shape index (κ2) is 4.32. The van der Waals surface area contributed by atoms with Crippen molar-refractivity contribution >= 4 is 17.7 Å². The molecule has 88 valence electrons. The molecule has 3 heteroatoms. The van der Waals surface area contributed by atoms with Crippen LogP contribution in [-0.4, -0.2) is 18.0 Å². The molecular weight excluding hydrogens is 212 g/mol. The third-order valence-corrected chi connectivity index (χ3v) is 3.72. The first-order chi connectivity index (χ1) is 8.38. The highest BCUT2D eigenvalue weighted by molar-refractivity contribution is 5.94. The molecule has 1 aliphatic carbocycles. The molecule has 0 N–H and O–H groups in total. The van der Waals surface area contributed by atoms with Crippen molar-refractivity contribution in [1.29, 1.82) is 0 Å². The number of benzene rings is 1. The minimum Gasteiger partial charge on any atom is -0.301 e. The monoisotopic (exact) mass is 228 g/mol. The summed E-state index contributed by atoms with van der Waals surface area (Å²) in [6.45, 7) is 0. The van der Waals surface area contributed by atoms with Gasteiger partial charge in [0.25, 0.3) is 0 Å². The maximum absolute atomic E-state index is 11.2. The van der Waals surface area contributed by atoms with Crippen LogP contribution < -0.4 is 5.01 Å². The van der Waals surface area contributed by atoms with Crippen molar-refractivity contribution in [1.82, 2.24) is 0 Å². The van der Waals surface area contributed by atoms with E-state index in [1.165, 1.54) is 25.0 Å². The fourth-order valence-corrected chi connectivity index (χ4v) is 2.48. The molecule has 1 fully saturated rings. The Morgan fingerprint density at radius 3 is 2.59 bits per heavy atom. The Labute approximate surface area is 101 Å². The molecule has 17 heavy (non-hydrogen) atoms. The Hall–Kier alpha value is -1.64. The van der Waals surface area contributed by atoms with Crippen molar-refractivity contribution in [2.24, 2.45) is 11.0 Å². The van der Waals surface area contributed by atoms with E-state index in [2.05, 4.69) is 5.10 Å². The van der Waals surface area contributed by atoms with E-state index < -0.39 is 0 Å². The number of hydrogen-bond donors (Lipinski definition) is 0. The van der Waals surface area contributed by atoms with Crippen LogP contribution in [0.2, 0.25) is 0 Å². The Morgan fingerprint density at radius 2 is 2.00 bits per heavy atom. The van der Waals surface area contributed by atoms with Gasteiger partial charge >= 0.3 is 0 Å². The van der Waals surface area contributed by atoms with Gasteiger partial charge in [0, 0.05) is 12.1 Å². The van der Waals surface area contributed by atoms with E-state index in [1.807, 2.05) is 35.3 Å². The van der Waals surface area contributed by atoms with E-state index in [9.17, 15) is 4.79 Å². The molecule has 1 aromatic carbocycles. The fraction of sp³-hybridized carbons (Fsp3) is 0.429. The normalized spacial score (nSPS) is 24.4. The second-order valence-corrected chi connectivity index (χ2v) is 4.81. The summed E-state index contributed by atoms with van der Waals surface area (Å²) >= 11 is 0. The van der Waals surface area contributed by atoms with Gasteiger partial charge in [-0.2, -0.15) is 5.10 Å². The molecule has 0 bridgehead atoms. The average molecular weight is 228 g/mol. The van der Waals surface area contributed by atoms with E-state index >= 15 is 0 Å². The van der Waals surface area contributed by atoms with E-state index in [4.69, 9.17) is 0 Å². The first-order valence-corrected chi connectivity index (χ1v) is 6.25. The van der Waals surface area contributed by atoms with Gasteiger partial charge in [-0.15, -0.1) is 0 Å². The predicted octanol–water partition coefficient (Wildman–Crippen LogP) is 2.62. The fourth-order valence-electron chi connectivity index (χ4n) is 2.48. The van der Waals surface area contributed by atoms with Crippen molar-refractivity contribution in [3.63, 3.8) is 0 Å². The van der Waals surface area contributed by atoms with Crippen LogP contribution in [0.3, 0.4) is 0 Å². The first-order valence-electron chi connectivity index (χ1n) is 6.25. The molecule has 1 unspecified atom stereocenters. The molecule has 0 radical (unpaired) electrons. The number of rotatable bonds is 3. The number of nitrogens with zero attached hydrogens (tertiary/aromatic N) is 2. The summed E-state index contributed by atoms with van der Waals surface area (Å²) in [5, 5.41) is 6.53. The lowest BCUT2D eigenvalue weighted by Crippen LogP contribution is -2.28. The highest BCUT2D eigenvalue weighted by Crippen LogP contribution is 2.34. The van der Waals surface area contributed by atoms with Gasteiger partial charge < -0.3 is 4.79 Å². The zero-order chi connectivity index (χ0) is 11.7. The molecule has 0 amide bonds. The van der Waals surface area contributed by atoms with E-state index in [0.717, 1.165) is 18.4 Å². The lowest BCUT2D eigenvalue weighted by molar-refractivity contribution is -0.108. The molecule has 0 saturated heterocycles. The number of hydrogen-bond acceptors (Lipinski definition) is 3. The zero-order valence-electron chi connectivity index (χ0n) is 9.75. The number of carbonyl (C=O) groups is 1. The number of para-hydroxylation sites is 1. The van der Waals surface area contributed by atoms with Crippen molar-refractivity contribution in [3.05, 3.63) is 30.3 Å². The lowest BCUT2D eigenvalue weighted by Gasteiger charge is -2.24. The average Bonchev–Trinajstić information content (AvgIpc) is 2.72. The van der Waals surface area contributed by atoms with Crippen LogP contribution >= 0.6 is 0 Å². The summed E-state index contributed by atoms with van der Waals surface area (Å²) in [6, 6.07) is 9.84. The molecule has 1 saturated carbocycles. The summed E-state index contributed by atoms with van der Waals surface area (Å²) in [5.41, 5.74) is 2.23. The molecule has 0 aromatic heterocycles. The molecule has 3 rings (SSSR count). The van der Waals surface area contributed by atoms with Crippen molar-refractivity contribution in [3.8, 4) is 0 Å². The molecule has 1 atom stereocenters. The number of carbonyl (C=O) groups excluding carboxylic acids is 1. The Kier molecular flexibility index (Phi) is 2.67. The highest BCUT2D eigenvalue weighted by Gasteiger charge is 2.33. The first kappa shape index (κ1) is 10.5. The molecule has 1 aromatic rings. The molecule has 0 spiro atoms. The van der Waals surface area contributed by atoms with Gasteiger partial charge in [-0.3, -0.25) is 5.01 Å². The lowest BCUT2D eigenvalue weighted by atomic mass is 9.80. The van der Waals surface area contributed by atoms with Gasteiger partial charge in [0.2, 0.25) is 0 Å². The van der Waals surface area contributed by atoms with Crippen molar-refractivity contribution in [2.45, 2.75) is 31.7 Å². The number of aldehydes is 1. The summed E-state index contributed by atoms with van der Waals surface area (Å²) in [5.74, 6) is 0.631. The minimum absolute atomic E-state index is 0.104. The molecular formula is C14H16N2O. The maximum atomic E-state index is 11.2. The summed E-state index contributed by atoms with van der Waals surface area (Å²) < 4.78 is 0. The molecule has 1 heterocycles. The van der Waals surface area contributed by atoms with E-state index in [1.54, 1.807) is 0 Å². The standard InChI is InChI=1S/C14H16N2O/c17-10-13-9-14(11-5-4-6-11)15-16(13)12-7-2-1-3-8-12/h1-3,7-8,10-11,13H,4-6,9H2. The Balaban J connectivity index is 1.86. The van der Waals surface area contributed by atoms with Crippen LogP contribution in [0.25, 0.3) is 0 Å². The Bertz CT molecular complexity index is 437. The Morgan fingerprint density at radius 1 is 1.24 bits per heavy atom. The quantitative estimate of drug-likeness (QED) is 0.745. The minimum atomic E-state index is -0.104. The molecule has 3 nitrogen and oxygen atoms in total. The van der Waals surface area contributed by atoms with Crippen LogP contribution in [0.5, 0.6) is 0 Å². The third-order valence-electron chi connectivity index (χ3n) is 3.72. The van der Waals surface area contributed by atoms with Crippen LogP contribution in [-0.2, 0) is 4.79 Å². The molecule has 1 aliphatic heterocycles. The SMILES string of the molecule is O=CC1CC(C2CCC2)=NN1c1ccccc1.